The maximum Gasteiger partial charge on any atom is 0.133 e. The third kappa shape index (κ3) is 4.88. The Labute approximate surface area is 130 Å². The van der Waals surface area contributed by atoms with Crippen molar-refractivity contribution in [1.29, 1.82) is 0 Å². The fraction of sp³-hybridized carbons (Fsp3) is 0.625. The molecule has 0 bridgehead atoms. The molecular weight excluding hydrogens is 286 g/mol. The van der Waals surface area contributed by atoms with Crippen LogP contribution in [0.4, 0.5) is 0 Å². The number of hydrogen-bond donors (Lipinski definition) is 3. The van der Waals surface area contributed by atoms with E-state index in [1.54, 1.807) is 11.8 Å². The lowest BCUT2D eigenvalue weighted by atomic mass is 10.1. The Morgan fingerprint density at radius 3 is 2.90 bits per heavy atom. The number of thioether (sulfide) groups is 1. The van der Waals surface area contributed by atoms with E-state index in [0.717, 1.165) is 28.4 Å². The Kier molecular flexibility index (Phi) is 5.54. The number of aliphatic hydroxyl groups excluding tert-OH is 2. The molecule has 1 aliphatic heterocycles. The van der Waals surface area contributed by atoms with Crippen LogP contribution in [0, 0.1) is 0 Å². The number of benzene rings is 1. The molecule has 0 aliphatic carbocycles. The van der Waals surface area contributed by atoms with Crippen LogP contribution in [0.15, 0.2) is 23.1 Å². The highest BCUT2D eigenvalue weighted by Gasteiger charge is 2.22. The Balaban J connectivity index is 1.93. The molecule has 0 saturated heterocycles. The lowest BCUT2D eigenvalue weighted by Gasteiger charge is -2.25. The van der Waals surface area contributed by atoms with Gasteiger partial charge in [-0.25, -0.2) is 0 Å². The van der Waals surface area contributed by atoms with Gasteiger partial charge in [0.2, 0.25) is 0 Å². The highest BCUT2D eigenvalue weighted by atomic mass is 32.2. The molecule has 1 unspecified atom stereocenters. The van der Waals surface area contributed by atoms with Crippen LogP contribution in [-0.2, 0) is 0 Å². The minimum atomic E-state index is -0.557. The van der Waals surface area contributed by atoms with Crippen LogP contribution in [0.1, 0.15) is 38.9 Å². The van der Waals surface area contributed by atoms with Gasteiger partial charge in [-0.3, -0.25) is 0 Å². The van der Waals surface area contributed by atoms with Crippen molar-refractivity contribution in [1.82, 2.24) is 5.32 Å². The van der Waals surface area contributed by atoms with E-state index in [0.29, 0.717) is 6.54 Å². The van der Waals surface area contributed by atoms with Crippen molar-refractivity contribution in [2.24, 2.45) is 0 Å². The zero-order valence-corrected chi connectivity index (χ0v) is 13.7. The number of aliphatic hydroxyl groups is 2. The normalized spacial score (nSPS) is 20.0. The van der Waals surface area contributed by atoms with Gasteiger partial charge in [0.05, 0.1) is 11.0 Å². The molecule has 118 valence electrons. The van der Waals surface area contributed by atoms with Crippen molar-refractivity contribution in [2.45, 2.75) is 49.8 Å². The molecule has 2 rings (SSSR count). The van der Waals surface area contributed by atoms with Crippen LogP contribution in [-0.4, -0.2) is 40.8 Å². The summed E-state index contributed by atoms with van der Waals surface area (Å²) in [6.07, 6.45) is -0.185. The molecule has 0 fully saturated rings. The lowest BCUT2D eigenvalue weighted by Crippen LogP contribution is -2.42. The molecule has 1 aromatic carbocycles. The summed E-state index contributed by atoms with van der Waals surface area (Å²) in [7, 11) is 0. The minimum Gasteiger partial charge on any atom is -0.490 e. The first kappa shape index (κ1) is 16.6. The van der Waals surface area contributed by atoms with E-state index >= 15 is 0 Å². The van der Waals surface area contributed by atoms with Gasteiger partial charge in [-0.05, 0) is 38.8 Å². The second-order valence-electron chi connectivity index (χ2n) is 6.42. The van der Waals surface area contributed by atoms with Crippen LogP contribution in [0.2, 0.25) is 0 Å². The summed E-state index contributed by atoms with van der Waals surface area (Å²) in [6, 6.07) is 5.73. The summed E-state index contributed by atoms with van der Waals surface area (Å²) >= 11 is 1.71. The van der Waals surface area contributed by atoms with Gasteiger partial charge >= 0.3 is 0 Å². The van der Waals surface area contributed by atoms with E-state index < -0.39 is 12.2 Å². The second kappa shape index (κ2) is 7.01. The molecule has 4 nitrogen and oxygen atoms in total. The minimum absolute atomic E-state index is 0.0210. The number of nitrogens with one attached hydrogen (secondary N) is 1. The Hall–Kier alpha value is -0.750. The summed E-state index contributed by atoms with van der Waals surface area (Å²) in [5, 5.41) is 23.2. The van der Waals surface area contributed by atoms with Crippen molar-refractivity contribution in [3.8, 4) is 5.75 Å². The van der Waals surface area contributed by atoms with E-state index in [1.165, 1.54) is 0 Å². The molecule has 3 N–H and O–H groups in total. The summed E-state index contributed by atoms with van der Waals surface area (Å²) in [4.78, 5) is 1.01. The number of β-amino-alcohol motifs (C(OH)–C–C–N with tert-alkyl or cyclic N) is 1. The average Bonchev–Trinajstić information content (AvgIpc) is 2.42. The van der Waals surface area contributed by atoms with Crippen LogP contribution in [0.3, 0.4) is 0 Å². The summed E-state index contributed by atoms with van der Waals surface area (Å²) < 4.78 is 5.76. The predicted molar refractivity (Wildman–Crippen MR) is 86.0 cm³/mol. The largest absolute Gasteiger partial charge is 0.490 e. The zero-order chi connectivity index (χ0) is 15.5. The summed E-state index contributed by atoms with van der Waals surface area (Å²) in [6.45, 7) is 6.93. The van der Waals surface area contributed by atoms with Gasteiger partial charge < -0.3 is 20.3 Å². The Morgan fingerprint density at radius 2 is 2.19 bits per heavy atom. The van der Waals surface area contributed by atoms with Crippen molar-refractivity contribution in [3.05, 3.63) is 23.8 Å². The summed E-state index contributed by atoms with van der Waals surface area (Å²) in [5.74, 6) is 1.65. The molecule has 0 aromatic heterocycles. The summed E-state index contributed by atoms with van der Waals surface area (Å²) in [5.41, 5.74) is 0.915. The van der Waals surface area contributed by atoms with Gasteiger partial charge in [-0.15, -0.1) is 11.8 Å². The first-order valence-corrected chi connectivity index (χ1v) is 8.35. The number of fused-ring (bicyclic) bond motifs is 1. The average molecular weight is 311 g/mol. The van der Waals surface area contributed by atoms with Crippen LogP contribution in [0.25, 0.3) is 0 Å². The molecule has 0 amide bonds. The van der Waals surface area contributed by atoms with Gasteiger partial charge in [0.25, 0.3) is 0 Å². The highest BCUT2D eigenvalue weighted by molar-refractivity contribution is 7.99. The number of hydrogen-bond acceptors (Lipinski definition) is 5. The topological polar surface area (TPSA) is 61.7 Å². The van der Waals surface area contributed by atoms with Gasteiger partial charge in [0.1, 0.15) is 18.5 Å². The molecule has 0 spiro atoms. The fourth-order valence-corrected chi connectivity index (χ4v) is 3.35. The molecule has 21 heavy (non-hydrogen) atoms. The molecule has 0 radical (unpaired) electrons. The maximum absolute atomic E-state index is 10.0. The third-order valence-corrected chi connectivity index (χ3v) is 4.47. The Morgan fingerprint density at radius 1 is 1.43 bits per heavy atom. The first-order chi connectivity index (χ1) is 9.87. The molecule has 1 heterocycles. The molecule has 1 aromatic rings. The van der Waals surface area contributed by atoms with E-state index in [1.807, 2.05) is 18.2 Å². The molecule has 2 atom stereocenters. The SMILES string of the molecule is CC(C)(C)NCC(O)COc1cccc2c1SCC[C@@H]2O. The molecule has 1 aliphatic rings. The molecule has 0 saturated carbocycles. The number of rotatable bonds is 5. The third-order valence-electron chi connectivity index (χ3n) is 3.31. The van der Waals surface area contributed by atoms with Gasteiger partial charge in [-0.2, -0.15) is 0 Å². The molecule has 5 heteroatoms. The van der Waals surface area contributed by atoms with E-state index in [9.17, 15) is 10.2 Å². The van der Waals surface area contributed by atoms with Crippen LogP contribution in [0.5, 0.6) is 5.75 Å². The van der Waals surface area contributed by atoms with Crippen LogP contribution >= 0.6 is 11.8 Å². The fourth-order valence-electron chi connectivity index (χ4n) is 2.16. The quantitative estimate of drug-likeness (QED) is 0.779. The van der Waals surface area contributed by atoms with Crippen molar-refractivity contribution in [2.75, 3.05) is 18.9 Å². The van der Waals surface area contributed by atoms with E-state index in [-0.39, 0.29) is 12.1 Å². The maximum atomic E-state index is 10.0. The molecular formula is C16H25NO3S. The van der Waals surface area contributed by atoms with Gasteiger partial charge in [-0.1, -0.05) is 12.1 Å². The number of ether oxygens (including phenoxy) is 1. The Bertz CT molecular complexity index is 473. The van der Waals surface area contributed by atoms with Crippen molar-refractivity contribution in [3.63, 3.8) is 0 Å². The monoisotopic (exact) mass is 311 g/mol. The van der Waals surface area contributed by atoms with Crippen molar-refractivity contribution < 1.29 is 14.9 Å². The highest BCUT2D eigenvalue weighted by Crippen LogP contribution is 2.41. The van der Waals surface area contributed by atoms with Crippen LogP contribution < -0.4 is 10.1 Å². The van der Waals surface area contributed by atoms with Crippen molar-refractivity contribution >= 4 is 11.8 Å². The lowest BCUT2D eigenvalue weighted by molar-refractivity contribution is 0.0979. The second-order valence-corrected chi connectivity index (χ2v) is 7.53. The standard InChI is InChI=1S/C16H25NO3S/c1-16(2,3)17-9-11(18)10-20-14-6-4-5-12-13(19)7-8-21-15(12)14/h4-6,11,13,17-19H,7-10H2,1-3H3/t11?,13-/m0/s1. The van der Waals surface area contributed by atoms with E-state index in [4.69, 9.17) is 4.74 Å². The van der Waals surface area contributed by atoms with E-state index in [2.05, 4.69) is 26.1 Å². The first-order valence-electron chi connectivity index (χ1n) is 7.36. The zero-order valence-electron chi connectivity index (χ0n) is 12.9. The predicted octanol–water partition coefficient (Wildman–Crippen LogP) is 2.34. The smallest absolute Gasteiger partial charge is 0.133 e. The van der Waals surface area contributed by atoms with Gasteiger partial charge in [0, 0.05) is 17.8 Å². The van der Waals surface area contributed by atoms with Gasteiger partial charge in [0.15, 0.2) is 0 Å².